The summed E-state index contributed by atoms with van der Waals surface area (Å²) in [5.41, 5.74) is 1.46. The largest absolute Gasteiger partial charge is 0.325 e. The molecule has 1 atom stereocenters. The molecule has 0 fully saturated rings. The summed E-state index contributed by atoms with van der Waals surface area (Å²) >= 11 is 1.52. The van der Waals surface area contributed by atoms with E-state index in [-0.39, 0.29) is 10.8 Å². The average molecular weight is 484 g/mol. The number of sulfonamides is 1. The quantitative estimate of drug-likeness (QED) is 0.405. The first-order chi connectivity index (χ1) is 15.9. The number of anilines is 2. The third-order valence-corrected chi connectivity index (χ3v) is 6.83. The van der Waals surface area contributed by atoms with E-state index in [1.807, 2.05) is 12.3 Å². The van der Waals surface area contributed by atoms with E-state index in [4.69, 9.17) is 0 Å². The van der Waals surface area contributed by atoms with Gasteiger partial charge in [0.2, 0.25) is 15.9 Å². The Labute approximate surface area is 198 Å². The SMILES string of the molecule is CSCCC(NS(=O)(=O)c1ccccc1)C(=O)Nc1cccc(NC(=O)c2ccccc2)c1. The predicted molar refractivity (Wildman–Crippen MR) is 133 cm³/mol. The van der Waals surface area contributed by atoms with Gasteiger partial charge in [-0.3, -0.25) is 9.59 Å². The molecule has 33 heavy (non-hydrogen) atoms. The molecule has 0 saturated heterocycles. The lowest BCUT2D eigenvalue weighted by Gasteiger charge is -2.18. The second-order valence-corrected chi connectivity index (χ2v) is 9.86. The molecular weight excluding hydrogens is 458 g/mol. The van der Waals surface area contributed by atoms with Gasteiger partial charge < -0.3 is 10.6 Å². The van der Waals surface area contributed by atoms with Crippen molar-refractivity contribution in [2.24, 2.45) is 0 Å². The van der Waals surface area contributed by atoms with Crippen LogP contribution in [0.4, 0.5) is 11.4 Å². The van der Waals surface area contributed by atoms with E-state index in [0.29, 0.717) is 29.1 Å². The van der Waals surface area contributed by atoms with Crippen molar-refractivity contribution in [1.29, 1.82) is 0 Å². The van der Waals surface area contributed by atoms with Gasteiger partial charge in [-0.05, 0) is 60.9 Å². The Morgan fingerprint density at radius 1 is 0.848 bits per heavy atom. The van der Waals surface area contributed by atoms with Gasteiger partial charge in [-0.2, -0.15) is 16.5 Å². The zero-order chi connectivity index (χ0) is 23.7. The number of nitrogens with one attached hydrogen (secondary N) is 3. The Kier molecular flexibility index (Phi) is 8.65. The van der Waals surface area contributed by atoms with Crippen LogP contribution >= 0.6 is 11.8 Å². The third kappa shape index (κ3) is 7.18. The van der Waals surface area contributed by atoms with Gasteiger partial charge in [0.25, 0.3) is 5.91 Å². The third-order valence-electron chi connectivity index (χ3n) is 4.70. The maximum atomic E-state index is 12.9. The monoisotopic (exact) mass is 483 g/mol. The number of hydrogen-bond acceptors (Lipinski definition) is 5. The predicted octanol–water partition coefficient (Wildman–Crippen LogP) is 3.98. The molecule has 3 aromatic rings. The molecule has 0 aromatic heterocycles. The number of benzene rings is 3. The topological polar surface area (TPSA) is 104 Å². The molecule has 0 aliphatic carbocycles. The van der Waals surface area contributed by atoms with Crippen LogP contribution in [0, 0.1) is 0 Å². The molecule has 0 bridgehead atoms. The van der Waals surface area contributed by atoms with Crippen molar-refractivity contribution in [3.8, 4) is 0 Å². The van der Waals surface area contributed by atoms with E-state index in [1.54, 1.807) is 66.7 Å². The van der Waals surface area contributed by atoms with E-state index in [2.05, 4.69) is 15.4 Å². The van der Waals surface area contributed by atoms with Gasteiger partial charge in [0.1, 0.15) is 6.04 Å². The maximum absolute atomic E-state index is 12.9. The molecule has 0 aliphatic rings. The fraction of sp³-hybridized carbons (Fsp3) is 0.167. The minimum absolute atomic E-state index is 0.0950. The standard InChI is InChI=1S/C24H25N3O4S2/c1-32-16-15-22(27-33(30,31)21-13-6-3-7-14-21)24(29)26-20-12-8-11-19(17-20)25-23(28)18-9-4-2-5-10-18/h2-14,17,22,27H,15-16H2,1H3,(H,25,28)(H,26,29). The summed E-state index contributed by atoms with van der Waals surface area (Å²) in [4.78, 5) is 25.4. The molecule has 1 unspecified atom stereocenters. The molecule has 7 nitrogen and oxygen atoms in total. The number of rotatable bonds is 10. The van der Waals surface area contributed by atoms with Gasteiger partial charge in [-0.1, -0.05) is 42.5 Å². The zero-order valence-electron chi connectivity index (χ0n) is 18.0. The maximum Gasteiger partial charge on any atom is 0.255 e. The summed E-state index contributed by atoms with van der Waals surface area (Å²) in [6, 6.07) is 22.5. The van der Waals surface area contributed by atoms with Crippen LogP contribution in [0.2, 0.25) is 0 Å². The summed E-state index contributed by atoms with van der Waals surface area (Å²) in [6.07, 6.45) is 2.21. The fourth-order valence-electron chi connectivity index (χ4n) is 3.03. The Hall–Kier alpha value is -3.14. The molecule has 3 aromatic carbocycles. The highest BCUT2D eigenvalue weighted by Gasteiger charge is 2.25. The molecule has 0 spiro atoms. The van der Waals surface area contributed by atoms with Crippen LogP contribution in [0.1, 0.15) is 16.8 Å². The van der Waals surface area contributed by atoms with Crippen LogP contribution in [0.25, 0.3) is 0 Å². The molecule has 0 radical (unpaired) electrons. The Bertz CT molecular complexity index is 1190. The minimum Gasteiger partial charge on any atom is -0.325 e. The Balaban J connectivity index is 1.71. The first kappa shape index (κ1) is 24.5. The van der Waals surface area contributed by atoms with Crippen LogP contribution in [0.3, 0.4) is 0 Å². The highest BCUT2D eigenvalue weighted by atomic mass is 32.2. The second kappa shape index (κ2) is 11.6. The smallest absolute Gasteiger partial charge is 0.255 e. The van der Waals surface area contributed by atoms with Crippen molar-refractivity contribution >= 4 is 45.0 Å². The molecule has 172 valence electrons. The normalized spacial score (nSPS) is 12.0. The molecule has 3 N–H and O–H groups in total. The summed E-state index contributed by atoms with van der Waals surface area (Å²) < 4.78 is 28.0. The van der Waals surface area contributed by atoms with Crippen molar-refractivity contribution in [2.45, 2.75) is 17.4 Å². The Morgan fingerprint density at radius 2 is 1.45 bits per heavy atom. The van der Waals surface area contributed by atoms with E-state index in [0.717, 1.165) is 0 Å². The van der Waals surface area contributed by atoms with Crippen molar-refractivity contribution in [3.63, 3.8) is 0 Å². The zero-order valence-corrected chi connectivity index (χ0v) is 19.7. The lowest BCUT2D eigenvalue weighted by atomic mass is 10.2. The van der Waals surface area contributed by atoms with Crippen molar-refractivity contribution in [2.75, 3.05) is 22.6 Å². The highest BCUT2D eigenvalue weighted by molar-refractivity contribution is 7.98. The van der Waals surface area contributed by atoms with E-state index >= 15 is 0 Å². The number of carbonyl (C=O) groups excluding carboxylic acids is 2. The van der Waals surface area contributed by atoms with Gasteiger partial charge in [-0.25, -0.2) is 8.42 Å². The summed E-state index contributed by atoms with van der Waals surface area (Å²) in [5.74, 6) is -0.148. The average Bonchev–Trinajstić information content (AvgIpc) is 2.83. The van der Waals surface area contributed by atoms with Gasteiger partial charge in [-0.15, -0.1) is 0 Å². The fourth-order valence-corrected chi connectivity index (χ4v) is 4.75. The molecule has 0 saturated carbocycles. The van der Waals surface area contributed by atoms with Gasteiger partial charge in [0.05, 0.1) is 4.90 Å². The number of thioether (sulfide) groups is 1. The van der Waals surface area contributed by atoms with E-state index in [1.165, 1.54) is 23.9 Å². The molecule has 0 heterocycles. The van der Waals surface area contributed by atoms with E-state index < -0.39 is 22.0 Å². The van der Waals surface area contributed by atoms with Crippen LogP contribution in [-0.2, 0) is 14.8 Å². The van der Waals surface area contributed by atoms with Gasteiger partial charge in [0, 0.05) is 16.9 Å². The molecular formula is C24H25N3O4S2. The molecule has 3 rings (SSSR count). The van der Waals surface area contributed by atoms with Crippen LogP contribution in [-0.4, -0.2) is 38.3 Å². The van der Waals surface area contributed by atoms with Gasteiger partial charge >= 0.3 is 0 Å². The van der Waals surface area contributed by atoms with Crippen molar-refractivity contribution in [3.05, 3.63) is 90.5 Å². The van der Waals surface area contributed by atoms with E-state index in [9.17, 15) is 18.0 Å². The van der Waals surface area contributed by atoms with Gasteiger partial charge in [0.15, 0.2) is 0 Å². The molecule has 9 heteroatoms. The summed E-state index contributed by atoms with van der Waals surface area (Å²) in [6.45, 7) is 0. The first-order valence-electron chi connectivity index (χ1n) is 10.2. The molecule has 2 amide bonds. The first-order valence-corrected chi connectivity index (χ1v) is 13.1. The lowest BCUT2D eigenvalue weighted by molar-refractivity contribution is -0.117. The van der Waals surface area contributed by atoms with Crippen LogP contribution < -0.4 is 15.4 Å². The Morgan fingerprint density at radius 3 is 2.09 bits per heavy atom. The molecule has 0 aliphatic heterocycles. The van der Waals surface area contributed by atoms with Crippen LogP contribution in [0.5, 0.6) is 0 Å². The van der Waals surface area contributed by atoms with Crippen molar-refractivity contribution < 1.29 is 18.0 Å². The minimum atomic E-state index is -3.86. The lowest BCUT2D eigenvalue weighted by Crippen LogP contribution is -2.44. The van der Waals surface area contributed by atoms with Crippen molar-refractivity contribution in [1.82, 2.24) is 4.72 Å². The highest BCUT2D eigenvalue weighted by Crippen LogP contribution is 2.18. The number of hydrogen-bond donors (Lipinski definition) is 3. The second-order valence-electron chi connectivity index (χ2n) is 7.16. The number of carbonyl (C=O) groups is 2. The van der Waals surface area contributed by atoms with Crippen LogP contribution in [0.15, 0.2) is 89.8 Å². The number of amides is 2. The summed E-state index contributed by atoms with van der Waals surface area (Å²) in [5, 5.41) is 5.54. The summed E-state index contributed by atoms with van der Waals surface area (Å²) in [7, 11) is -3.86.